The van der Waals surface area contributed by atoms with Crippen LogP contribution >= 0.6 is 0 Å². The Bertz CT molecular complexity index is 993. The fourth-order valence-corrected chi connectivity index (χ4v) is 3.89. The molecule has 1 atom stereocenters. The van der Waals surface area contributed by atoms with Gasteiger partial charge in [-0.05, 0) is 26.8 Å². The molecule has 32 heavy (non-hydrogen) atoms. The lowest BCUT2D eigenvalue weighted by molar-refractivity contribution is -0.153. The van der Waals surface area contributed by atoms with E-state index in [-0.39, 0.29) is 19.6 Å². The number of carboxylic acids is 1. The fourth-order valence-electron chi connectivity index (χ4n) is 3.89. The number of alkyl carbamates (subject to hydrolysis) is 1. The number of ether oxygens (including phenoxy) is 1. The Kier molecular flexibility index (Phi) is 7.08. The Morgan fingerprint density at radius 1 is 1.22 bits per heavy atom. The lowest BCUT2D eigenvalue weighted by Crippen LogP contribution is -2.59. The molecule has 0 radical (unpaired) electrons. The molecular formula is C23H31N3O6. The van der Waals surface area contributed by atoms with Crippen LogP contribution in [-0.4, -0.2) is 70.7 Å². The number of aryl methyl sites for hydroxylation is 1. The van der Waals surface area contributed by atoms with E-state index in [2.05, 4.69) is 5.32 Å². The molecule has 9 heteroatoms. The van der Waals surface area contributed by atoms with Crippen LogP contribution in [-0.2, 0) is 27.3 Å². The Hall–Kier alpha value is -3.07. The number of furan rings is 1. The number of nitrogens with zero attached hydrogens (tertiary/aromatic N) is 2. The van der Waals surface area contributed by atoms with Crippen molar-refractivity contribution >= 4 is 28.9 Å². The second-order valence-electron chi connectivity index (χ2n) is 8.89. The number of aliphatic carboxylic acids is 1. The maximum atomic E-state index is 12.6. The predicted molar refractivity (Wildman–Crippen MR) is 118 cm³/mol. The molecule has 1 unspecified atom stereocenters. The number of carboxylic acid groups (broad SMARTS) is 1. The molecule has 1 fully saturated rings. The number of nitrogens with one attached hydrogen (secondary N) is 1. The van der Waals surface area contributed by atoms with Crippen LogP contribution in [0.2, 0.25) is 0 Å². The van der Waals surface area contributed by atoms with Crippen molar-refractivity contribution in [2.24, 2.45) is 0 Å². The van der Waals surface area contributed by atoms with E-state index in [0.29, 0.717) is 13.1 Å². The lowest BCUT2D eigenvalue weighted by atomic mass is 10.1. The molecule has 2 aromatic rings. The molecule has 0 spiro atoms. The molecule has 3 rings (SSSR count). The number of benzene rings is 1. The zero-order valence-corrected chi connectivity index (χ0v) is 19.0. The molecular weight excluding hydrogens is 414 g/mol. The van der Waals surface area contributed by atoms with E-state index in [0.717, 1.165) is 28.7 Å². The number of rotatable bonds is 6. The highest BCUT2D eigenvalue weighted by Gasteiger charge is 2.36. The van der Waals surface area contributed by atoms with Crippen molar-refractivity contribution in [2.45, 2.75) is 52.3 Å². The number of carbonyl (C=O) groups excluding carboxylic acids is 2. The highest BCUT2D eigenvalue weighted by molar-refractivity contribution is 5.87. The van der Waals surface area contributed by atoms with Crippen molar-refractivity contribution in [3.05, 3.63) is 35.6 Å². The number of carbonyl (C=O) groups is 3. The number of hydrogen-bond acceptors (Lipinski definition) is 6. The van der Waals surface area contributed by atoms with E-state index in [9.17, 15) is 19.5 Å². The first kappa shape index (κ1) is 23.6. The molecule has 2 heterocycles. The SMILES string of the molecule is CCc1oc2ccccc2c1CN1CCN(C(=O)CNC(=O)OC(C)(C)C)C(C(=O)O)C1. The highest BCUT2D eigenvalue weighted by atomic mass is 16.6. The summed E-state index contributed by atoms with van der Waals surface area (Å²) in [5, 5.41) is 13.2. The molecule has 1 saturated heterocycles. The largest absolute Gasteiger partial charge is 0.480 e. The van der Waals surface area contributed by atoms with Gasteiger partial charge in [-0.3, -0.25) is 9.69 Å². The topological polar surface area (TPSA) is 112 Å². The quantitative estimate of drug-likeness (QED) is 0.703. The average molecular weight is 446 g/mol. The summed E-state index contributed by atoms with van der Waals surface area (Å²) in [6, 6.07) is 6.80. The van der Waals surface area contributed by atoms with Crippen molar-refractivity contribution in [1.29, 1.82) is 0 Å². The third-order valence-electron chi connectivity index (χ3n) is 5.34. The summed E-state index contributed by atoms with van der Waals surface area (Å²) in [6.45, 7) is 8.39. The predicted octanol–water partition coefficient (Wildman–Crippen LogP) is 2.62. The van der Waals surface area contributed by atoms with Crippen LogP contribution in [0.4, 0.5) is 4.79 Å². The average Bonchev–Trinajstić information content (AvgIpc) is 3.08. The molecule has 9 nitrogen and oxygen atoms in total. The molecule has 0 aliphatic carbocycles. The van der Waals surface area contributed by atoms with Gasteiger partial charge in [-0.1, -0.05) is 25.1 Å². The lowest BCUT2D eigenvalue weighted by Gasteiger charge is -2.39. The van der Waals surface area contributed by atoms with Crippen LogP contribution < -0.4 is 5.32 Å². The van der Waals surface area contributed by atoms with Gasteiger partial charge in [0.05, 0.1) is 0 Å². The first-order valence-corrected chi connectivity index (χ1v) is 10.8. The summed E-state index contributed by atoms with van der Waals surface area (Å²) in [6.07, 6.45) is 0.0246. The number of hydrogen-bond donors (Lipinski definition) is 2. The van der Waals surface area contributed by atoms with E-state index in [4.69, 9.17) is 9.15 Å². The van der Waals surface area contributed by atoms with E-state index in [1.807, 2.05) is 36.1 Å². The van der Waals surface area contributed by atoms with Gasteiger partial charge in [0.15, 0.2) is 0 Å². The summed E-state index contributed by atoms with van der Waals surface area (Å²) in [4.78, 5) is 39.7. The standard InChI is InChI=1S/C23H31N3O6/c1-5-18-16(15-8-6-7-9-19(15)31-18)13-25-10-11-26(17(14-25)21(28)29)20(27)12-24-22(30)32-23(2,3)4/h6-9,17H,5,10-14H2,1-4H3,(H,24,30)(H,28,29). The van der Waals surface area contributed by atoms with Crippen LogP contribution in [0, 0.1) is 0 Å². The summed E-state index contributed by atoms with van der Waals surface area (Å²) < 4.78 is 11.1. The smallest absolute Gasteiger partial charge is 0.408 e. The molecule has 0 bridgehead atoms. The van der Waals surface area contributed by atoms with Crippen LogP contribution in [0.25, 0.3) is 11.0 Å². The van der Waals surface area contributed by atoms with Crippen LogP contribution in [0.5, 0.6) is 0 Å². The van der Waals surface area contributed by atoms with Crippen LogP contribution in [0.1, 0.15) is 39.0 Å². The van der Waals surface area contributed by atoms with Gasteiger partial charge in [0.2, 0.25) is 5.91 Å². The van der Waals surface area contributed by atoms with E-state index >= 15 is 0 Å². The Balaban J connectivity index is 1.66. The van der Waals surface area contributed by atoms with Crippen molar-refractivity contribution < 1.29 is 28.6 Å². The number of para-hydroxylation sites is 1. The van der Waals surface area contributed by atoms with E-state index in [1.54, 1.807) is 20.8 Å². The minimum absolute atomic E-state index is 0.191. The zero-order valence-electron chi connectivity index (χ0n) is 19.0. The van der Waals surface area contributed by atoms with Crippen molar-refractivity contribution in [3.8, 4) is 0 Å². The molecule has 0 saturated carbocycles. The van der Waals surface area contributed by atoms with Gasteiger partial charge >= 0.3 is 12.1 Å². The summed E-state index contributed by atoms with van der Waals surface area (Å²) in [7, 11) is 0. The van der Waals surface area contributed by atoms with Crippen molar-refractivity contribution in [3.63, 3.8) is 0 Å². The third-order valence-corrected chi connectivity index (χ3v) is 5.34. The maximum absolute atomic E-state index is 12.6. The molecule has 1 aliphatic heterocycles. The van der Waals surface area contributed by atoms with Crippen molar-refractivity contribution in [2.75, 3.05) is 26.2 Å². The Morgan fingerprint density at radius 3 is 2.59 bits per heavy atom. The van der Waals surface area contributed by atoms with Gasteiger partial charge in [0.1, 0.15) is 29.5 Å². The molecule has 1 aromatic carbocycles. The zero-order chi connectivity index (χ0) is 23.5. The molecule has 174 valence electrons. The van der Waals surface area contributed by atoms with E-state index < -0.39 is 29.6 Å². The molecule has 2 N–H and O–H groups in total. The summed E-state index contributed by atoms with van der Waals surface area (Å²) in [5.41, 5.74) is 1.19. The first-order chi connectivity index (χ1) is 15.1. The Morgan fingerprint density at radius 2 is 1.94 bits per heavy atom. The fraction of sp³-hybridized carbons (Fsp3) is 0.522. The number of amides is 2. The summed E-state index contributed by atoms with van der Waals surface area (Å²) >= 11 is 0. The minimum atomic E-state index is -1.08. The highest BCUT2D eigenvalue weighted by Crippen LogP contribution is 2.28. The van der Waals surface area contributed by atoms with Crippen molar-refractivity contribution in [1.82, 2.24) is 15.1 Å². The van der Waals surface area contributed by atoms with E-state index in [1.165, 1.54) is 4.90 Å². The van der Waals surface area contributed by atoms with Gasteiger partial charge in [-0.15, -0.1) is 0 Å². The van der Waals surface area contributed by atoms with Crippen LogP contribution in [0.3, 0.4) is 0 Å². The van der Waals surface area contributed by atoms with Gasteiger partial charge in [0, 0.05) is 43.5 Å². The van der Waals surface area contributed by atoms with Gasteiger partial charge in [-0.25, -0.2) is 9.59 Å². The Labute approximate surface area is 187 Å². The maximum Gasteiger partial charge on any atom is 0.408 e. The van der Waals surface area contributed by atoms with Gasteiger partial charge in [-0.2, -0.15) is 0 Å². The normalized spacial score (nSPS) is 17.4. The molecule has 1 aliphatic rings. The van der Waals surface area contributed by atoms with Crippen LogP contribution in [0.15, 0.2) is 28.7 Å². The number of fused-ring (bicyclic) bond motifs is 1. The third kappa shape index (κ3) is 5.59. The molecule has 2 amide bonds. The van der Waals surface area contributed by atoms with Gasteiger partial charge in [0.25, 0.3) is 0 Å². The summed E-state index contributed by atoms with van der Waals surface area (Å²) in [5.74, 6) is -0.642. The molecule has 1 aromatic heterocycles. The second-order valence-corrected chi connectivity index (χ2v) is 8.89. The minimum Gasteiger partial charge on any atom is -0.480 e. The second kappa shape index (κ2) is 9.60. The van der Waals surface area contributed by atoms with Gasteiger partial charge < -0.3 is 24.5 Å². The number of piperazine rings is 1. The first-order valence-electron chi connectivity index (χ1n) is 10.8. The monoisotopic (exact) mass is 445 g/mol.